The van der Waals surface area contributed by atoms with Gasteiger partial charge in [0.1, 0.15) is 5.52 Å². The first kappa shape index (κ1) is 19.5. The number of hydrogen-bond donors (Lipinski definition) is 2. The lowest BCUT2D eigenvalue weighted by Gasteiger charge is -2.04. The third-order valence-corrected chi connectivity index (χ3v) is 2.64. The van der Waals surface area contributed by atoms with Gasteiger partial charge < -0.3 is 20.0 Å². The molecule has 0 bridgehead atoms. The number of rotatable bonds is 5. The molecule has 0 aliphatic rings. The smallest absolute Gasteiger partial charge is 0.297 e. The van der Waals surface area contributed by atoms with Crippen molar-refractivity contribution in [3.05, 3.63) is 18.2 Å². The number of nitrogens with zero attached hydrogens (tertiary/aromatic N) is 2. The Hall–Kier alpha value is -1.50. The van der Waals surface area contributed by atoms with Crippen LogP contribution in [0.15, 0.2) is 22.6 Å². The molecule has 1 heterocycles. The van der Waals surface area contributed by atoms with Gasteiger partial charge in [-0.3, -0.25) is 4.79 Å². The van der Waals surface area contributed by atoms with Crippen molar-refractivity contribution in [3.63, 3.8) is 0 Å². The third-order valence-electron chi connectivity index (χ3n) is 2.64. The maximum atomic E-state index is 11.6. The molecule has 0 spiro atoms. The lowest BCUT2D eigenvalue weighted by Crippen LogP contribution is -2.18. The quantitative estimate of drug-likeness (QED) is 0.877. The van der Waals surface area contributed by atoms with Crippen LogP contribution in [0.3, 0.4) is 0 Å². The van der Waals surface area contributed by atoms with Crippen LogP contribution in [0, 0.1) is 0 Å². The van der Waals surface area contributed by atoms with E-state index in [-0.39, 0.29) is 30.7 Å². The highest BCUT2D eigenvalue weighted by Crippen LogP contribution is 2.23. The summed E-state index contributed by atoms with van der Waals surface area (Å²) in [6.07, 6.45) is 0.441. The zero-order chi connectivity index (χ0) is 13.8. The van der Waals surface area contributed by atoms with Crippen molar-refractivity contribution in [1.82, 2.24) is 10.3 Å². The van der Waals surface area contributed by atoms with Crippen molar-refractivity contribution in [1.29, 1.82) is 0 Å². The molecule has 1 aromatic carbocycles. The summed E-state index contributed by atoms with van der Waals surface area (Å²) in [6, 6.07) is 5.98. The Bertz CT molecular complexity index is 587. The van der Waals surface area contributed by atoms with E-state index in [0.29, 0.717) is 24.6 Å². The number of benzene rings is 1. The van der Waals surface area contributed by atoms with Gasteiger partial charge in [0, 0.05) is 32.7 Å². The first-order valence-electron chi connectivity index (χ1n) is 6.12. The van der Waals surface area contributed by atoms with Crippen molar-refractivity contribution in [2.45, 2.75) is 6.42 Å². The molecule has 8 heteroatoms. The van der Waals surface area contributed by atoms with Crippen LogP contribution < -0.4 is 15.5 Å². The van der Waals surface area contributed by atoms with Crippen LogP contribution in [0.5, 0.6) is 0 Å². The highest BCUT2D eigenvalue weighted by molar-refractivity contribution is 5.93. The molecule has 2 aromatic rings. The normalized spacial score (nSPS) is 9.67. The molecule has 2 rings (SSSR count). The first-order chi connectivity index (χ1) is 9.10. The van der Waals surface area contributed by atoms with Gasteiger partial charge in [0.25, 0.3) is 6.01 Å². The van der Waals surface area contributed by atoms with Crippen molar-refractivity contribution < 1.29 is 9.21 Å². The van der Waals surface area contributed by atoms with E-state index in [1.807, 2.05) is 39.3 Å². The predicted octanol–water partition coefficient (Wildman–Crippen LogP) is 2.29. The number of oxazole rings is 1. The fraction of sp³-hybridized carbons (Fsp3) is 0.385. The second-order valence-electron chi connectivity index (χ2n) is 4.48. The van der Waals surface area contributed by atoms with Crippen molar-refractivity contribution in [3.8, 4) is 0 Å². The molecule has 0 atom stereocenters. The highest BCUT2D eigenvalue weighted by atomic mass is 35.5. The van der Waals surface area contributed by atoms with Gasteiger partial charge in [-0.1, -0.05) is 0 Å². The zero-order valence-corrected chi connectivity index (χ0v) is 13.8. The van der Waals surface area contributed by atoms with Crippen molar-refractivity contribution in [2.75, 3.05) is 37.9 Å². The molecule has 0 aliphatic heterocycles. The van der Waals surface area contributed by atoms with Gasteiger partial charge in [0.2, 0.25) is 5.91 Å². The Labute approximate surface area is 136 Å². The number of carbonyl (C=O) groups is 1. The van der Waals surface area contributed by atoms with Crippen LogP contribution in [0.2, 0.25) is 0 Å². The Morgan fingerprint density at radius 3 is 2.67 bits per heavy atom. The van der Waals surface area contributed by atoms with Gasteiger partial charge in [-0.15, -0.1) is 24.8 Å². The number of amides is 1. The molecule has 0 radical (unpaired) electrons. The van der Waals surface area contributed by atoms with Crippen LogP contribution in [0.1, 0.15) is 6.42 Å². The monoisotopic (exact) mass is 334 g/mol. The first-order valence-corrected chi connectivity index (χ1v) is 6.12. The number of nitrogens with one attached hydrogen (secondary N) is 2. The zero-order valence-electron chi connectivity index (χ0n) is 12.2. The molecule has 0 aliphatic carbocycles. The van der Waals surface area contributed by atoms with Gasteiger partial charge in [0.15, 0.2) is 5.58 Å². The number of aromatic nitrogens is 1. The van der Waals surface area contributed by atoms with Gasteiger partial charge in [-0.2, -0.15) is 4.98 Å². The minimum atomic E-state index is -0.0231. The van der Waals surface area contributed by atoms with Crippen molar-refractivity contribution >= 4 is 53.5 Å². The summed E-state index contributed by atoms with van der Waals surface area (Å²) in [5.74, 6) is -0.0231. The average Bonchev–Trinajstić information content (AvgIpc) is 2.79. The third kappa shape index (κ3) is 5.08. The second-order valence-corrected chi connectivity index (χ2v) is 4.48. The molecule has 1 aromatic heterocycles. The van der Waals surface area contributed by atoms with E-state index in [4.69, 9.17) is 4.42 Å². The van der Waals surface area contributed by atoms with Crippen LogP contribution in [-0.4, -0.2) is 38.6 Å². The molecule has 1 amide bonds. The molecule has 118 valence electrons. The maximum absolute atomic E-state index is 11.6. The highest BCUT2D eigenvalue weighted by Gasteiger charge is 2.09. The molecule has 6 nitrogen and oxygen atoms in total. The summed E-state index contributed by atoms with van der Waals surface area (Å²) in [7, 11) is 5.55. The molecule has 2 N–H and O–H groups in total. The lowest BCUT2D eigenvalue weighted by molar-refractivity contribution is -0.116. The summed E-state index contributed by atoms with van der Waals surface area (Å²) in [5.41, 5.74) is 2.17. The van der Waals surface area contributed by atoms with Gasteiger partial charge in [0.05, 0.1) is 0 Å². The number of hydrogen-bond acceptors (Lipinski definition) is 5. The number of carbonyl (C=O) groups excluding carboxylic acids is 1. The average molecular weight is 335 g/mol. The minimum absolute atomic E-state index is 0. The van der Waals surface area contributed by atoms with E-state index in [1.54, 1.807) is 4.90 Å². The Balaban J connectivity index is 0.00000200. The van der Waals surface area contributed by atoms with E-state index < -0.39 is 0 Å². The van der Waals surface area contributed by atoms with E-state index >= 15 is 0 Å². The van der Waals surface area contributed by atoms with E-state index in [9.17, 15) is 4.79 Å². The van der Waals surface area contributed by atoms with Crippen LogP contribution >= 0.6 is 24.8 Å². The lowest BCUT2D eigenvalue weighted by atomic mass is 10.2. The van der Waals surface area contributed by atoms with Crippen LogP contribution in [0.25, 0.3) is 11.1 Å². The minimum Gasteiger partial charge on any atom is -0.423 e. The standard InChI is InChI=1S/C13H18N4O2.2ClH/c1-14-7-6-12(18)15-9-4-5-11-10(8-9)16-13(19-11)17(2)3;;/h4-5,8,14H,6-7H2,1-3H3,(H,15,18);2*1H. The summed E-state index contributed by atoms with van der Waals surface area (Å²) < 4.78 is 5.55. The van der Waals surface area contributed by atoms with Gasteiger partial charge in [-0.05, 0) is 25.2 Å². The van der Waals surface area contributed by atoms with E-state index in [2.05, 4.69) is 15.6 Å². The molecule has 21 heavy (non-hydrogen) atoms. The number of anilines is 2. The molecular formula is C13H20Cl2N4O2. The van der Waals surface area contributed by atoms with E-state index in [0.717, 1.165) is 11.2 Å². The fourth-order valence-corrected chi connectivity index (χ4v) is 1.65. The SMILES string of the molecule is CNCCC(=O)Nc1ccc2oc(N(C)C)nc2c1.Cl.Cl. The second kappa shape index (κ2) is 8.71. The Kier molecular flexibility index (Phi) is 8.09. The Morgan fingerprint density at radius 2 is 2.05 bits per heavy atom. The van der Waals surface area contributed by atoms with E-state index in [1.165, 1.54) is 0 Å². The summed E-state index contributed by atoms with van der Waals surface area (Å²) in [5, 5.41) is 5.77. The predicted molar refractivity (Wildman–Crippen MR) is 90.0 cm³/mol. The van der Waals surface area contributed by atoms with Gasteiger partial charge >= 0.3 is 0 Å². The molecule has 0 fully saturated rings. The van der Waals surface area contributed by atoms with Crippen LogP contribution in [0.4, 0.5) is 11.7 Å². The molecular weight excluding hydrogens is 315 g/mol. The largest absolute Gasteiger partial charge is 0.423 e. The maximum Gasteiger partial charge on any atom is 0.297 e. The molecule has 0 unspecified atom stereocenters. The number of fused-ring (bicyclic) bond motifs is 1. The topological polar surface area (TPSA) is 70.4 Å². The summed E-state index contributed by atoms with van der Waals surface area (Å²) in [4.78, 5) is 17.8. The van der Waals surface area contributed by atoms with Gasteiger partial charge in [-0.25, -0.2) is 0 Å². The fourth-order valence-electron chi connectivity index (χ4n) is 1.65. The Morgan fingerprint density at radius 1 is 1.33 bits per heavy atom. The molecule has 0 saturated carbocycles. The summed E-state index contributed by atoms with van der Waals surface area (Å²) in [6.45, 7) is 0.656. The summed E-state index contributed by atoms with van der Waals surface area (Å²) >= 11 is 0. The number of halogens is 2. The van der Waals surface area contributed by atoms with Crippen LogP contribution in [-0.2, 0) is 4.79 Å². The molecule has 0 saturated heterocycles. The van der Waals surface area contributed by atoms with Crippen molar-refractivity contribution in [2.24, 2.45) is 0 Å².